The topological polar surface area (TPSA) is 15.7 Å². The molecule has 2 aliphatic rings. The molecule has 0 unspecified atom stereocenters. The number of rotatable bonds is 8. The zero-order valence-electron chi connectivity index (χ0n) is 18.6. The maximum atomic E-state index is 6.47. The number of hydrogen-bond donors (Lipinski definition) is 0. The second kappa shape index (κ2) is 11.0. The minimum absolute atomic E-state index is 0.336. The number of ether oxygens (including phenoxy) is 1. The first-order valence-corrected chi connectivity index (χ1v) is 13.2. The summed E-state index contributed by atoms with van der Waals surface area (Å²) in [5, 5.41) is 6.03. The Balaban J connectivity index is 1.36. The molecule has 170 valence electrons. The van der Waals surface area contributed by atoms with Gasteiger partial charge in [-0.3, -0.25) is 4.90 Å². The van der Waals surface area contributed by atoms with Crippen LogP contribution in [0.2, 0.25) is 10.0 Å². The van der Waals surface area contributed by atoms with Crippen molar-refractivity contribution in [3.8, 4) is 0 Å². The number of thiophene rings is 1. The van der Waals surface area contributed by atoms with Crippen molar-refractivity contribution in [2.24, 2.45) is 11.8 Å². The molecule has 3 nitrogen and oxygen atoms in total. The van der Waals surface area contributed by atoms with E-state index in [-0.39, 0.29) is 0 Å². The molecule has 0 aliphatic carbocycles. The van der Waals surface area contributed by atoms with E-state index in [0.29, 0.717) is 23.0 Å². The summed E-state index contributed by atoms with van der Waals surface area (Å²) in [5.41, 5.74) is 2.67. The van der Waals surface area contributed by atoms with Crippen molar-refractivity contribution in [2.45, 2.75) is 45.3 Å². The molecular weight excluding hydrogens is 447 g/mol. The highest BCUT2D eigenvalue weighted by atomic mass is 35.5. The summed E-state index contributed by atoms with van der Waals surface area (Å²) in [7, 11) is 0. The Kier molecular flexibility index (Phi) is 8.35. The van der Waals surface area contributed by atoms with E-state index in [9.17, 15) is 0 Å². The van der Waals surface area contributed by atoms with E-state index in [4.69, 9.17) is 27.9 Å². The molecule has 0 radical (unpaired) electrons. The lowest BCUT2D eigenvalue weighted by atomic mass is 9.89. The molecule has 0 amide bonds. The average Bonchev–Trinajstić information content (AvgIpc) is 3.39. The zero-order valence-corrected chi connectivity index (χ0v) is 20.9. The SMILES string of the molecule is CC(C)OCC1CCN(C[C@H]2CN(Cc3ccc(Cl)cc3Cl)C[C@@H]2c2ccsc2)CC1. The second-order valence-electron chi connectivity index (χ2n) is 9.48. The van der Waals surface area contributed by atoms with Crippen LogP contribution in [-0.4, -0.2) is 55.2 Å². The molecule has 6 heteroatoms. The van der Waals surface area contributed by atoms with Crippen LogP contribution in [-0.2, 0) is 11.3 Å². The first-order valence-electron chi connectivity index (χ1n) is 11.5. The third-order valence-electron chi connectivity index (χ3n) is 6.76. The van der Waals surface area contributed by atoms with E-state index >= 15 is 0 Å². The predicted octanol–water partition coefficient (Wildman–Crippen LogP) is 6.41. The molecule has 0 N–H and O–H groups in total. The highest BCUT2D eigenvalue weighted by Crippen LogP contribution is 2.36. The number of likely N-dealkylation sites (tertiary alicyclic amines) is 2. The van der Waals surface area contributed by atoms with Crippen molar-refractivity contribution >= 4 is 34.5 Å². The standard InChI is InChI=1S/C25H34Cl2N2OS/c1-18(2)30-16-19-5-8-28(9-6-19)13-22-14-29(15-24(22)21-7-10-31-17-21)12-20-3-4-23(26)11-25(20)27/h3-4,7,10-11,17-19,22,24H,5-6,8-9,12-16H2,1-2H3/t22-,24+/m0/s1. The van der Waals surface area contributed by atoms with E-state index in [1.807, 2.05) is 23.5 Å². The van der Waals surface area contributed by atoms with Crippen LogP contribution in [0.15, 0.2) is 35.0 Å². The largest absolute Gasteiger partial charge is 0.379 e. The zero-order chi connectivity index (χ0) is 21.8. The Morgan fingerprint density at radius 1 is 1.10 bits per heavy atom. The lowest BCUT2D eigenvalue weighted by Crippen LogP contribution is -2.39. The first kappa shape index (κ1) is 23.5. The van der Waals surface area contributed by atoms with Crippen LogP contribution in [0.3, 0.4) is 0 Å². The summed E-state index contributed by atoms with van der Waals surface area (Å²) in [4.78, 5) is 5.26. The van der Waals surface area contributed by atoms with Crippen LogP contribution in [0.4, 0.5) is 0 Å². The molecule has 0 saturated carbocycles. The van der Waals surface area contributed by atoms with Crippen LogP contribution in [0.1, 0.15) is 43.7 Å². The smallest absolute Gasteiger partial charge is 0.0519 e. The minimum Gasteiger partial charge on any atom is -0.379 e. The number of hydrogen-bond acceptors (Lipinski definition) is 4. The van der Waals surface area contributed by atoms with Gasteiger partial charge >= 0.3 is 0 Å². The Labute approximate surface area is 201 Å². The molecular formula is C25H34Cl2N2OS. The molecule has 2 aromatic rings. The third-order valence-corrected chi connectivity index (χ3v) is 8.05. The van der Waals surface area contributed by atoms with Gasteiger partial charge in [0.1, 0.15) is 0 Å². The summed E-state index contributed by atoms with van der Waals surface area (Å²) >= 11 is 14.4. The van der Waals surface area contributed by atoms with Gasteiger partial charge in [0.25, 0.3) is 0 Å². The van der Waals surface area contributed by atoms with Crippen molar-refractivity contribution in [2.75, 3.05) is 39.3 Å². The van der Waals surface area contributed by atoms with E-state index in [1.54, 1.807) is 0 Å². The van der Waals surface area contributed by atoms with E-state index in [0.717, 1.165) is 37.2 Å². The van der Waals surface area contributed by atoms with E-state index in [2.05, 4.69) is 46.5 Å². The molecule has 3 heterocycles. The van der Waals surface area contributed by atoms with Crippen LogP contribution in [0.25, 0.3) is 0 Å². The molecule has 2 atom stereocenters. The maximum Gasteiger partial charge on any atom is 0.0519 e. The highest BCUT2D eigenvalue weighted by Gasteiger charge is 2.36. The number of piperidine rings is 1. The molecule has 1 aromatic heterocycles. The van der Waals surface area contributed by atoms with E-state index < -0.39 is 0 Å². The quantitative estimate of drug-likeness (QED) is 0.434. The lowest BCUT2D eigenvalue weighted by Gasteiger charge is -2.34. The van der Waals surface area contributed by atoms with Gasteiger partial charge in [-0.25, -0.2) is 0 Å². The summed E-state index contributed by atoms with van der Waals surface area (Å²) < 4.78 is 5.86. The molecule has 0 spiro atoms. The molecule has 2 fully saturated rings. The summed E-state index contributed by atoms with van der Waals surface area (Å²) in [6.07, 6.45) is 2.85. The van der Waals surface area contributed by atoms with Crippen molar-refractivity contribution in [3.05, 3.63) is 56.2 Å². The van der Waals surface area contributed by atoms with Gasteiger partial charge in [0.2, 0.25) is 0 Å². The Morgan fingerprint density at radius 3 is 2.58 bits per heavy atom. The Bertz CT molecular complexity index is 821. The minimum atomic E-state index is 0.336. The molecule has 1 aromatic carbocycles. The highest BCUT2D eigenvalue weighted by molar-refractivity contribution is 7.08. The normalized spacial score (nSPS) is 23.8. The Hall–Kier alpha value is -0.620. The van der Waals surface area contributed by atoms with Crippen molar-refractivity contribution < 1.29 is 4.74 Å². The van der Waals surface area contributed by atoms with Gasteiger partial charge in [0, 0.05) is 48.7 Å². The summed E-state index contributed by atoms with van der Waals surface area (Å²) in [6.45, 7) is 11.9. The number of benzene rings is 1. The fourth-order valence-corrected chi connectivity index (χ4v) is 6.22. The van der Waals surface area contributed by atoms with Crippen molar-refractivity contribution in [1.82, 2.24) is 9.80 Å². The van der Waals surface area contributed by atoms with Gasteiger partial charge in [-0.05, 0) is 91.7 Å². The maximum absolute atomic E-state index is 6.47. The average molecular weight is 482 g/mol. The fraction of sp³-hybridized carbons (Fsp3) is 0.600. The van der Waals surface area contributed by atoms with Gasteiger partial charge in [-0.15, -0.1) is 0 Å². The first-order chi connectivity index (χ1) is 15.0. The monoisotopic (exact) mass is 480 g/mol. The van der Waals surface area contributed by atoms with Gasteiger partial charge in [0.05, 0.1) is 6.10 Å². The molecule has 0 bridgehead atoms. The van der Waals surface area contributed by atoms with Gasteiger partial charge in [0.15, 0.2) is 0 Å². The number of nitrogens with zero attached hydrogens (tertiary/aromatic N) is 2. The van der Waals surface area contributed by atoms with Gasteiger partial charge < -0.3 is 9.64 Å². The summed E-state index contributed by atoms with van der Waals surface area (Å²) in [6, 6.07) is 8.19. The van der Waals surface area contributed by atoms with E-state index in [1.165, 1.54) is 43.6 Å². The van der Waals surface area contributed by atoms with Crippen molar-refractivity contribution in [1.29, 1.82) is 0 Å². The van der Waals surface area contributed by atoms with Gasteiger partial charge in [-0.1, -0.05) is 29.3 Å². The molecule has 2 saturated heterocycles. The van der Waals surface area contributed by atoms with Crippen LogP contribution < -0.4 is 0 Å². The number of halogens is 2. The Morgan fingerprint density at radius 2 is 1.90 bits per heavy atom. The van der Waals surface area contributed by atoms with Gasteiger partial charge in [-0.2, -0.15) is 11.3 Å². The third kappa shape index (κ3) is 6.46. The van der Waals surface area contributed by atoms with Crippen molar-refractivity contribution in [3.63, 3.8) is 0 Å². The fourth-order valence-electron chi connectivity index (χ4n) is 5.02. The van der Waals surface area contributed by atoms with Crippen LogP contribution in [0.5, 0.6) is 0 Å². The second-order valence-corrected chi connectivity index (χ2v) is 11.1. The molecule has 4 rings (SSSR count). The lowest BCUT2D eigenvalue weighted by molar-refractivity contribution is 0.0285. The van der Waals surface area contributed by atoms with Crippen LogP contribution in [0, 0.1) is 11.8 Å². The predicted molar refractivity (Wildman–Crippen MR) is 133 cm³/mol. The summed E-state index contributed by atoms with van der Waals surface area (Å²) in [5.74, 6) is 1.97. The molecule has 2 aliphatic heterocycles. The van der Waals surface area contributed by atoms with Crippen LogP contribution >= 0.6 is 34.5 Å². The molecule has 31 heavy (non-hydrogen) atoms.